The zero-order valence-electron chi connectivity index (χ0n) is 14.3. The van der Waals surface area contributed by atoms with E-state index in [0.717, 1.165) is 6.42 Å². The third-order valence-corrected chi connectivity index (χ3v) is 4.87. The van der Waals surface area contributed by atoms with Crippen molar-refractivity contribution in [2.24, 2.45) is 5.92 Å². The molecule has 4 atom stereocenters. The molecule has 0 aromatic carbocycles. The standard InChI is InChI=1S/C15H28N2O4S/c1-7-9(2)11(17-14(19)21-15(3,4)5)12-16-10(8-22-12)13(18)20-6/h9-12,16H,7-8H2,1-6H3,(H,17,19)/t9-,10-,11-,12?/m0/s1. The maximum absolute atomic E-state index is 12.1. The molecule has 0 aliphatic carbocycles. The number of nitrogens with one attached hydrogen (secondary N) is 2. The van der Waals surface area contributed by atoms with Gasteiger partial charge in [-0.05, 0) is 26.7 Å². The molecule has 0 radical (unpaired) electrons. The van der Waals surface area contributed by atoms with Gasteiger partial charge < -0.3 is 14.8 Å². The number of ether oxygens (including phenoxy) is 2. The summed E-state index contributed by atoms with van der Waals surface area (Å²) in [6.45, 7) is 9.66. The first-order valence-corrected chi connectivity index (χ1v) is 8.67. The van der Waals surface area contributed by atoms with Crippen LogP contribution < -0.4 is 10.6 Å². The van der Waals surface area contributed by atoms with Crippen LogP contribution >= 0.6 is 11.8 Å². The largest absolute Gasteiger partial charge is 0.468 e. The summed E-state index contributed by atoms with van der Waals surface area (Å²) in [5.74, 6) is 0.629. The van der Waals surface area contributed by atoms with Gasteiger partial charge in [0.05, 0.1) is 18.5 Å². The first-order chi connectivity index (χ1) is 10.2. The van der Waals surface area contributed by atoms with Crippen LogP contribution in [0.2, 0.25) is 0 Å². The van der Waals surface area contributed by atoms with Gasteiger partial charge in [-0.25, -0.2) is 4.79 Å². The molecule has 1 aliphatic heterocycles. The Morgan fingerprint density at radius 2 is 2.05 bits per heavy atom. The fraction of sp³-hybridized carbons (Fsp3) is 0.867. The summed E-state index contributed by atoms with van der Waals surface area (Å²) in [7, 11) is 1.38. The van der Waals surface area contributed by atoms with Gasteiger partial charge in [-0.3, -0.25) is 10.1 Å². The lowest BCUT2D eigenvalue weighted by Gasteiger charge is -2.31. The van der Waals surface area contributed by atoms with E-state index < -0.39 is 11.7 Å². The molecule has 128 valence electrons. The van der Waals surface area contributed by atoms with Gasteiger partial charge in [-0.1, -0.05) is 20.3 Å². The number of methoxy groups -OCH3 is 1. The van der Waals surface area contributed by atoms with Crippen LogP contribution in [0.1, 0.15) is 41.0 Å². The van der Waals surface area contributed by atoms with Crippen molar-refractivity contribution >= 4 is 23.8 Å². The molecule has 0 saturated carbocycles. The van der Waals surface area contributed by atoms with Gasteiger partial charge in [0.15, 0.2) is 0 Å². The molecular weight excluding hydrogens is 304 g/mol. The van der Waals surface area contributed by atoms with E-state index in [1.54, 1.807) is 11.8 Å². The Hall–Kier alpha value is -0.950. The second-order valence-electron chi connectivity index (χ2n) is 6.55. The Bertz CT molecular complexity index is 397. The average Bonchev–Trinajstić information content (AvgIpc) is 2.90. The van der Waals surface area contributed by atoms with Crippen LogP contribution in [0.15, 0.2) is 0 Å². The Kier molecular flexibility index (Phi) is 6.99. The number of esters is 1. The number of thioether (sulfide) groups is 1. The van der Waals surface area contributed by atoms with Crippen LogP contribution in [0.5, 0.6) is 0 Å². The highest BCUT2D eigenvalue weighted by Crippen LogP contribution is 2.27. The van der Waals surface area contributed by atoms with E-state index in [9.17, 15) is 9.59 Å². The van der Waals surface area contributed by atoms with Crippen LogP contribution in [0.4, 0.5) is 4.79 Å². The van der Waals surface area contributed by atoms with E-state index >= 15 is 0 Å². The molecule has 1 rings (SSSR count). The SMILES string of the molecule is CC[C@H](C)[C@H](NC(=O)OC(C)(C)C)C1N[C@H](C(=O)OC)CS1. The molecule has 0 spiro atoms. The number of carbonyl (C=O) groups is 2. The van der Waals surface area contributed by atoms with Crippen molar-refractivity contribution in [1.82, 2.24) is 10.6 Å². The maximum atomic E-state index is 12.1. The van der Waals surface area contributed by atoms with Gasteiger partial charge in [0.2, 0.25) is 0 Å². The smallest absolute Gasteiger partial charge is 0.407 e. The van der Waals surface area contributed by atoms with Crippen molar-refractivity contribution in [3.05, 3.63) is 0 Å². The van der Waals surface area contributed by atoms with Crippen molar-refractivity contribution in [2.45, 2.75) is 64.1 Å². The average molecular weight is 332 g/mol. The number of rotatable bonds is 5. The van der Waals surface area contributed by atoms with Gasteiger partial charge in [0, 0.05) is 5.75 Å². The highest BCUT2D eigenvalue weighted by Gasteiger charge is 2.38. The fourth-order valence-corrected chi connectivity index (χ4v) is 3.63. The molecule has 7 heteroatoms. The fourth-order valence-electron chi connectivity index (χ4n) is 2.19. The molecular formula is C15H28N2O4S. The molecule has 1 heterocycles. The number of amides is 1. The van der Waals surface area contributed by atoms with Crippen LogP contribution in [0, 0.1) is 5.92 Å². The minimum absolute atomic E-state index is 0.0356. The van der Waals surface area contributed by atoms with E-state index in [1.807, 2.05) is 20.8 Å². The van der Waals surface area contributed by atoms with E-state index in [2.05, 4.69) is 24.5 Å². The Balaban J connectivity index is 2.70. The van der Waals surface area contributed by atoms with Crippen LogP contribution in [0.3, 0.4) is 0 Å². The summed E-state index contributed by atoms with van der Waals surface area (Å²) >= 11 is 1.62. The Morgan fingerprint density at radius 1 is 1.41 bits per heavy atom. The summed E-state index contributed by atoms with van der Waals surface area (Å²) in [6.07, 6.45) is 0.490. The molecule has 6 nitrogen and oxygen atoms in total. The van der Waals surface area contributed by atoms with Crippen LogP contribution in [-0.4, -0.2) is 48.0 Å². The first-order valence-electron chi connectivity index (χ1n) is 7.63. The predicted octanol–water partition coefficient (Wildman–Crippen LogP) is 2.13. The molecule has 22 heavy (non-hydrogen) atoms. The van der Waals surface area contributed by atoms with E-state index in [0.29, 0.717) is 5.75 Å². The van der Waals surface area contributed by atoms with Crippen LogP contribution in [-0.2, 0) is 14.3 Å². The minimum Gasteiger partial charge on any atom is -0.468 e. The molecule has 0 bridgehead atoms. The molecule has 2 N–H and O–H groups in total. The van der Waals surface area contributed by atoms with Gasteiger partial charge in [0.25, 0.3) is 0 Å². The summed E-state index contributed by atoms with van der Waals surface area (Å²) in [5.41, 5.74) is -0.533. The Morgan fingerprint density at radius 3 is 2.55 bits per heavy atom. The highest BCUT2D eigenvalue weighted by atomic mass is 32.2. The lowest BCUT2D eigenvalue weighted by Crippen LogP contribution is -2.53. The first kappa shape index (κ1) is 19.1. The van der Waals surface area contributed by atoms with Crippen LogP contribution in [0.25, 0.3) is 0 Å². The normalized spacial score (nSPS) is 24.5. The van der Waals surface area contributed by atoms with Crippen molar-refractivity contribution < 1.29 is 19.1 Å². The molecule has 1 amide bonds. The monoisotopic (exact) mass is 332 g/mol. The van der Waals surface area contributed by atoms with Gasteiger partial charge in [-0.15, -0.1) is 11.8 Å². The van der Waals surface area contributed by atoms with E-state index in [4.69, 9.17) is 9.47 Å². The highest BCUT2D eigenvalue weighted by molar-refractivity contribution is 8.00. The Labute approximate surface area is 137 Å². The number of alkyl carbamates (subject to hydrolysis) is 1. The number of hydrogen-bond donors (Lipinski definition) is 2. The summed E-state index contributed by atoms with van der Waals surface area (Å²) in [6, 6.07) is -0.438. The molecule has 0 aromatic rings. The van der Waals surface area contributed by atoms with Gasteiger partial charge >= 0.3 is 12.1 Å². The molecule has 1 unspecified atom stereocenters. The lowest BCUT2D eigenvalue weighted by atomic mass is 9.98. The van der Waals surface area contributed by atoms with E-state index in [1.165, 1.54) is 7.11 Å². The quantitative estimate of drug-likeness (QED) is 0.751. The molecule has 1 aliphatic rings. The maximum Gasteiger partial charge on any atom is 0.407 e. The van der Waals surface area contributed by atoms with Gasteiger partial charge in [0.1, 0.15) is 11.6 Å². The molecule has 1 fully saturated rings. The summed E-state index contributed by atoms with van der Waals surface area (Å²) in [5, 5.41) is 6.15. The van der Waals surface area contributed by atoms with Crippen molar-refractivity contribution in [3.8, 4) is 0 Å². The van der Waals surface area contributed by atoms with Crippen molar-refractivity contribution in [2.75, 3.05) is 12.9 Å². The van der Waals surface area contributed by atoms with Crippen molar-refractivity contribution in [3.63, 3.8) is 0 Å². The lowest BCUT2D eigenvalue weighted by molar-refractivity contribution is -0.142. The predicted molar refractivity (Wildman–Crippen MR) is 87.8 cm³/mol. The number of hydrogen-bond acceptors (Lipinski definition) is 6. The third-order valence-electron chi connectivity index (χ3n) is 3.56. The summed E-state index contributed by atoms with van der Waals surface area (Å²) < 4.78 is 10.1. The third kappa shape index (κ3) is 5.68. The van der Waals surface area contributed by atoms with Gasteiger partial charge in [-0.2, -0.15) is 0 Å². The zero-order chi connectivity index (χ0) is 16.9. The van der Waals surface area contributed by atoms with E-state index in [-0.39, 0.29) is 29.3 Å². The number of carbonyl (C=O) groups excluding carboxylic acids is 2. The zero-order valence-corrected chi connectivity index (χ0v) is 15.1. The summed E-state index contributed by atoms with van der Waals surface area (Å²) in [4.78, 5) is 23.7. The second kappa shape index (κ2) is 8.06. The molecule has 1 saturated heterocycles. The van der Waals surface area contributed by atoms with Crippen molar-refractivity contribution in [1.29, 1.82) is 0 Å². The second-order valence-corrected chi connectivity index (χ2v) is 7.73. The minimum atomic E-state index is -0.533. The topological polar surface area (TPSA) is 76.7 Å². The molecule has 0 aromatic heterocycles.